The second kappa shape index (κ2) is 7.44. The van der Waals surface area contributed by atoms with Gasteiger partial charge in [0.15, 0.2) is 0 Å². The van der Waals surface area contributed by atoms with E-state index in [0.717, 1.165) is 37.7 Å². The Kier molecular flexibility index (Phi) is 5.02. The number of fused-ring (bicyclic) bond motifs is 1. The van der Waals surface area contributed by atoms with Crippen molar-refractivity contribution >= 4 is 21.6 Å². The van der Waals surface area contributed by atoms with Crippen LogP contribution in [0.3, 0.4) is 0 Å². The van der Waals surface area contributed by atoms with Crippen molar-refractivity contribution in [3.63, 3.8) is 0 Å². The first-order chi connectivity index (χ1) is 13.1. The number of nitrogens with one attached hydrogen (secondary N) is 1. The highest BCUT2D eigenvalue weighted by molar-refractivity contribution is 7.89. The summed E-state index contributed by atoms with van der Waals surface area (Å²) in [5.41, 5.74) is 2.98. The van der Waals surface area contributed by atoms with Crippen molar-refractivity contribution in [2.75, 3.05) is 18.4 Å². The van der Waals surface area contributed by atoms with Crippen molar-refractivity contribution in [3.8, 4) is 0 Å². The van der Waals surface area contributed by atoms with Gasteiger partial charge in [0, 0.05) is 18.8 Å². The van der Waals surface area contributed by atoms with Crippen LogP contribution in [0.4, 0.5) is 5.69 Å². The maximum atomic E-state index is 12.8. The van der Waals surface area contributed by atoms with Crippen LogP contribution in [0.2, 0.25) is 0 Å². The molecule has 0 spiro atoms. The molecule has 0 saturated carbocycles. The summed E-state index contributed by atoms with van der Waals surface area (Å²) < 4.78 is 26.7. The SMILES string of the molecule is O=C(Nc1ccc(S(=O)(=O)N2CCCC2)cc1)[C@H]1CCCc2ccccc21. The molecule has 0 aromatic heterocycles. The maximum Gasteiger partial charge on any atom is 0.243 e. The van der Waals surface area contributed by atoms with Gasteiger partial charge in [0.2, 0.25) is 15.9 Å². The predicted molar refractivity (Wildman–Crippen MR) is 105 cm³/mol. The van der Waals surface area contributed by atoms with E-state index in [9.17, 15) is 13.2 Å². The number of sulfonamides is 1. The van der Waals surface area contributed by atoms with Crippen molar-refractivity contribution in [2.24, 2.45) is 0 Å². The summed E-state index contributed by atoms with van der Waals surface area (Å²) in [6, 6.07) is 14.6. The van der Waals surface area contributed by atoms with Crippen LogP contribution in [0.15, 0.2) is 53.4 Å². The lowest BCUT2D eigenvalue weighted by Crippen LogP contribution is -2.28. The molecule has 5 nitrogen and oxygen atoms in total. The fraction of sp³-hybridized carbons (Fsp3) is 0.381. The Morgan fingerprint density at radius 1 is 0.963 bits per heavy atom. The summed E-state index contributed by atoms with van der Waals surface area (Å²) in [6.45, 7) is 1.17. The molecule has 0 unspecified atom stereocenters. The molecule has 2 aliphatic rings. The van der Waals surface area contributed by atoms with E-state index in [2.05, 4.69) is 11.4 Å². The Morgan fingerprint density at radius 2 is 1.67 bits per heavy atom. The van der Waals surface area contributed by atoms with Crippen molar-refractivity contribution in [1.29, 1.82) is 0 Å². The summed E-state index contributed by atoms with van der Waals surface area (Å²) in [5, 5.41) is 2.95. The van der Waals surface area contributed by atoms with Crippen molar-refractivity contribution in [2.45, 2.75) is 42.9 Å². The number of hydrogen-bond donors (Lipinski definition) is 1. The molecule has 6 heteroatoms. The molecule has 1 aliphatic heterocycles. The highest BCUT2D eigenvalue weighted by atomic mass is 32.2. The molecule has 27 heavy (non-hydrogen) atoms. The summed E-state index contributed by atoms with van der Waals surface area (Å²) >= 11 is 0. The van der Waals surface area contributed by atoms with Gasteiger partial charge >= 0.3 is 0 Å². The van der Waals surface area contributed by atoms with Crippen LogP contribution in [-0.4, -0.2) is 31.7 Å². The third kappa shape index (κ3) is 3.64. The van der Waals surface area contributed by atoms with E-state index < -0.39 is 10.0 Å². The predicted octanol–water partition coefficient (Wildman–Crippen LogP) is 3.53. The van der Waals surface area contributed by atoms with Crippen molar-refractivity contribution in [1.82, 2.24) is 4.31 Å². The highest BCUT2D eigenvalue weighted by Gasteiger charge is 2.28. The highest BCUT2D eigenvalue weighted by Crippen LogP contribution is 2.32. The topological polar surface area (TPSA) is 66.5 Å². The van der Waals surface area contributed by atoms with Gasteiger partial charge in [-0.2, -0.15) is 4.31 Å². The number of nitrogens with zero attached hydrogens (tertiary/aromatic N) is 1. The number of rotatable bonds is 4. The van der Waals surface area contributed by atoms with E-state index in [1.165, 1.54) is 9.87 Å². The number of aryl methyl sites for hydroxylation is 1. The zero-order valence-electron chi connectivity index (χ0n) is 15.2. The van der Waals surface area contributed by atoms with Crippen LogP contribution in [0.5, 0.6) is 0 Å². The van der Waals surface area contributed by atoms with Gasteiger partial charge in [0.1, 0.15) is 0 Å². The monoisotopic (exact) mass is 384 g/mol. The number of benzene rings is 2. The van der Waals surface area contributed by atoms with Gasteiger partial charge in [0.25, 0.3) is 0 Å². The second-order valence-electron chi connectivity index (χ2n) is 7.27. The minimum atomic E-state index is -3.42. The first-order valence-electron chi connectivity index (χ1n) is 9.54. The van der Waals surface area contributed by atoms with Gasteiger partial charge in [-0.15, -0.1) is 0 Å². The maximum absolute atomic E-state index is 12.8. The van der Waals surface area contributed by atoms with E-state index >= 15 is 0 Å². The molecule has 4 rings (SSSR count). The smallest absolute Gasteiger partial charge is 0.243 e. The first kappa shape index (κ1) is 18.2. The quantitative estimate of drug-likeness (QED) is 0.877. The number of hydrogen-bond acceptors (Lipinski definition) is 3. The molecule has 1 N–H and O–H groups in total. The van der Waals surface area contributed by atoms with E-state index in [1.807, 2.05) is 18.2 Å². The summed E-state index contributed by atoms with van der Waals surface area (Å²) in [5.74, 6) is -0.180. The van der Waals surface area contributed by atoms with Crippen LogP contribution in [0, 0.1) is 0 Å². The number of amides is 1. The minimum absolute atomic E-state index is 0.0303. The van der Waals surface area contributed by atoms with Gasteiger partial charge < -0.3 is 5.32 Å². The average Bonchev–Trinajstić information content (AvgIpc) is 3.24. The van der Waals surface area contributed by atoms with E-state index in [1.54, 1.807) is 24.3 Å². The van der Waals surface area contributed by atoms with Crippen molar-refractivity contribution < 1.29 is 13.2 Å². The Bertz CT molecular complexity index is 932. The minimum Gasteiger partial charge on any atom is -0.326 e. The number of anilines is 1. The molecule has 1 heterocycles. The van der Waals surface area contributed by atoms with E-state index in [4.69, 9.17) is 0 Å². The van der Waals surface area contributed by atoms with Crippen LogP contribution < -0.4 is 5.32 Å². The van der Waals surface area contributed by atoms with Crippen molar-refractivity contribution in [3.05, 3.63) is 59.7 Å². The zero-order valence-corrected chi connectivity index (χ0v) is 16.0. The fourth-order valence-corrected chi connectivity index (χ4v) is 5.56. The molecular weight excluding hydrogens is 360 g/mol. The molecule has 1 atom stereocenters. The van der Waals surface area contributed by atoms with Gasteiger partial charge in [-0.05, 0) is 67.5 Å². The Hall–Kier alpha value is -2.18. The van der Waals surface area contributed by atoms with Crippen LogP contribution in [-0.2, 0) is 21.2 Å². The lowest BCUT2D eigenvalue weighted by Gasteiger charge is -2.24. The Morgan fingerprint density at radius 3 is 2.41 bits per heavy atom. The molecule has 2 aromatic carbocycles. The molecular formula is C21H24N2O3S. The molecule has 1 amide bonds. The molecule has 0 bridgehead atoms. The molecule has 1 fully saturated rings. The Balaban J connectivity index is 1.48. The summed E-state index contributed by atoms with van der Waals surface area (Å²) in [7, 11) is -3.42. The van der Waals surface area contributed by atoms with Gasteiger partial charge in [-0.1, -0.05) is 24.3 Å². The van der Waals surface area contributed by atoms with Gasteiger partial charge in [-0.25, -0.2) is 8.42 Å². The third-order valence-corrected chi connectivity index (χ3v) is 7.42. The van der Waals surface area contributed by atoms with E-state index in [-0.39, 0.29) is 16.7 Å². The molecule has 142 valence electrons. The third-order valence-electron chi connectivity index (χ3n) is 5.51. The molecule has 1 aliphatic carbocycles. The average molecular weight is 385 g/mol. The van der Waals surface area contributed by atoms with Gasteiger partial charge in [0.05, 0.1) is 10.8 Å². The zero-order chi connectivity index (χ0) is 18.9. The molecule has 2 aromatic rings. The fourth-order valence-electron chi connectivity index (χ4n) is 4.04. The number of carbonyl (C=O) groups is 1. The largest absolute Gasteiger partial charge is 0.326 e. The Labute approximate surface area is 160 Å². The molecule has 1 saturated heterocycles. The van der Waals surface area contributed by atoms with Crippen LogP contribution in [0.1, 0.15) is 42.7 Å². The van der Waals surface area contributed by atoms with E-state index in [0.29, 0.717) is 18.8 Å². The molecule has 0 radical (unpaired) electrons. The van der Waals surface area contributed by atoms with Crippen LogP contribution >= 0.6 is 0 Å². The lowest BCUT2D eigenvalue weighted by atomic mass is 9.82. The standard InChI is InChI=1S/C21H24N2O3S/c24-21(20-9-5-7-16-6-1-2-8-19(16)20)22-17-10-12-18(13-11-17)27(25,26)23-14-3-4-15-23/h1-2,6,8,10-13,20H,3-5,7,9,14-15H2,(H,22,24)/t20-/m0/s1. The summed E-state index contributed by atoms with van der Waals surface area (Å²) in [6.07, 6.45) is 4.68. The second-order valence-corrected chi connectivity index (χ2v) is 9.21. The lowest BCUT2D eigenvalue weighted by molar-refractivity contribution is -0.117. The normalized spacial score (nSPS) is 20.2. The summed E-state index contributed by atoms with van der Waals surface area (Å²) in [4.78, 5) is 13.1. The first-order valence-corrected chi connectivity index (χ1v) is 11.0. The van der Waals surface area contributed by atoms with Gasteiger partial charge in [-0.3, -0.25) is 4.79 Å². The number of carbonyl (C=O) groups excluding carboxylic acids is 1. The van der Waals surface area contributed by atoms with Crippen LogP contribution in [0.25, 0.3) is 0 Å².